The Morgan fingerprint density at radius 3 is 2.50 bits per heavy atom. The van der Waals surface area contributed by atoms with Crippen molar-refractivity contribution in [3.63, 3.8) is 0 Å². The van der Waals surface area contributed by atoms with Gasteiger partial charge in [-0.1, -0.05) is 12.1 Å². The molecule has 0 bridgehead atoms. The van der Waals surface area contributed by atoms with Gasteiger partial charge in [-0.3, -0.25) is 14.6 Å². The molecule has 26 heavy (non-hydrogen) atoms. The van der Waals surface area contributed by atoms with Crippen molar-refractivity contribution in [2.45, 2.75) is 13.3 Å². The Hall–Kier alpha value is -3.41. The molecule has 0 aliphatic rings. The standard InChI is InChI=1S/C20H19N3O3/c1-12-17(10-14-5-8-16(26-2)11-18(14)22-12)20(25)23-15-6-3-13(4-7-15)9-19(21)24/h3-8,10-11H,9H2,1-2H3,(H2,21,24)(H,23,25). The molecule has 3 aromatic rings. The first kappa shape index (κ1) is 17.4. The number of hydrogen-bond donors (Lipinski definition) is 2. The number of aromatic nitrogens is 1. The molecule has 2 aromatic carbocycles. The largest absolute Gasteiger partial charge is 0.497 e. The fraction of sp³-hybridized carbons (Fsp3) is 0.150. The monoisotopic (exact) mass is 349 g/mol. The van der Waals surface area contributed by atoms with Gasteiger partial charge in [-0.15, -0.1) is 0 Å². The highest BCUT2D eigenvalue weighted by Crippen LogP contribution is 2.22. The molecule has 0 spiro atoms. The van der Waals surface area contributed by atoms with Crippen molar-refractivity contribution in [3.05, 3.63) is 65.4 Å². The summed E-state index contributed by atoms with van der Waals surface area (Å²) in [6.45, 7) is 1.80. The predicted octanol–water partition coefficient (Wildman–Crippen LogP) is 2.83. The molecule has 0 radical (unpaired) electrons. The molecule has 2 amide bonds. The molecule has 1 aromatic heterocycles. The molecule has 0 unspecified atom stereocenters. The summed E-state index contributed by atoms with van der Waals surface area (Å²) in [4.78, 5) is 28.1. The van der Waals surface area contributed by atoms with Crippen LogP contribution in [0.2, 0.25) is 0 Å². The number of carbonyl (C=O) groups is 2. The SMILES string of the molecule is COc1ccc2cc(C(=O)Nc3ccc(CC(N)=O)cc3)c(C)nc2c1. The van der Waals surface area contributed by atoms with Gasteiger partial charge in [0.1, 0.15) is 5.75 Å². The summed E-state index contributed by atoms with van der Waals surface area (Å²) in [6.07, 6.45) is 0.172. The van der Waals surface area contributed by atoms with Crippen molar-refractivity contribution in [1.82, 2.24) is 4.98 Å². The molecule has 0 aliphatic carbocycles. The lowest BCUT2D eigenvalue weighted by molar-refractivity contribution is -0.117. The van der Waals surface area contributed by atoms with Crippen LogP contribution in [0.3, 0.4) is 0 Å². The van der Waals surface area contributed by atoms with Crippen molar-refractivity contribution in [2.24, 2.45) is 5.73 Å². The van der Waals surface area contributed by atoms with Crippen LogP contribution in [0.25, 0.3) is 10.9 Å². The number of primary amides is 1. The first-order chi connectivity index (χ1) is 12.5. The maximum Gasteiger partial charge on any atom is 0.257 e. The van der Waals surface area contributed by atoms with Gasteiger partial charge in [0.05, 0.1) is 30.3 Å². The van der Waals surface area contributed by atoms with Crippen LogP contribution < -0.4 is 15.8 Å². The van der Waals surface area contributed by atoms with E-state index >= 15 is 0 Å². The predicted molar refractivity (Wildman–Crippen MR) is 100 cm³/mol. The first-order valence-corrected chi connectivity index (χ1v) is 8.10. The number of pyridine rings is 1. The Bertz CT molecular complexity index is 982. The zero-order valence-electron chi connectivity index (χ0n) is 14.6. The van der Waals surface area contributed by atoms with Gasteiger partial charge in [-0.2, -0.15) is 0 Å². The molecule has 0 saturated heterocycles. The number of fused-ring (bicyclic) bond motifs is 1. The third-order valence-electron chi connectivity index (χ3n) is 4.05. The van der Waals surface area contributed by atoms with Gasteiger partial charge in [-0.05, 0) is 42.8 Å². The summed E-state index contributed by atoms with van der Waals surface area (Å²) >= 11 is 0. The van der Waals surface area contributed by atoms with Crippen LogP contribution in [0.5, 0.6) is 5.75 Å². The van der Waals surface area contributed by atoms with E-state index in [1.54, 1.807) is 38.3 Å². The van der Waals surface area contributed by atoms with Crippen molar-refractivity contribution in [1.29, 1.82) is 0 Å². The van der Waals surface area contributed by atoms with Crippen molar-refractivity contribution in [2.75, 3.05) is 12.4 Å². The van der Waals surface area contributed by atoms with Gasteiger partial charge < -0.3 is 15.8 Å². The normalized spacial score (nSPS) is 10.5. The molecule has 0 fully saturated rings. The van der Waals surface area contributed by atoms with Gasteiger partial charge >= 0.3 is 0 Å². The third-order valence-corrected chi connectivity index (χ3v) is 4.05. The Morgan fingerprint density at radius 1 is 1.12 bits per heavy atom. The van der Waals surface area contributed by atoms with E-state index in [0.717, 1.165) is 22.2 Å². The second kappa shape index (κ2) is 7.23. The number of nitrogens with two attached hydrogens (primary N) is 1. The van der Waals surface area contributed by atoms with Gasteiger partial charge in [0, 0.05) is 17.1 Å². The molecule has 6 nitrogen and oxygen atoms in total. The molecule has 6 heteroatoms. The van der Waals surface area contributed by atoms with E-state index in [4.69, 9.17) is 10.5 Å². The fourth-order valence-corrected chi connectivity index (χ4v) is 2.71. The summed E-state index contributed by atoms with van der Waals surface area (Å²) in [7, 11) is 1.60. The molecule has 3 rings (SSSR count). The fourth-order valence-electron chi connectivity index (χ4n) is 2.71. The van der Waals surface area contributed by atoms with Crippen LogP contribution in [0.1, 0.15) is 21.6 Å². The van der Waals surface area contributed by atoms with Crippen LogP contribution >= 0.6 is 0 Å². The van der Waals surface area contributed by atoms with Crippen LogP contribution in [0.15, 0.2) is 48.5 Å². The average Bonchev–Trinajstić information content (AvgIpc) is 2.61. The highest BCUT2D eigenvalue weighted by Gasteiger charge is 2.12. The average molecular weight is 349 g/mol. The number of benzene rings is 2. The van der Waals surface area contributed by atoms with E-state index in [0.29, 0.717) is 16.9 Å². The third kappa shape index (κ3) is 3.80. The van der Waals surface area contributed by atoms with E-state index in [1.165, 1.54) is 0 Å². The number of nitrogens with one attached hydrogen (secondary N) is 1. The van der Waals surface area contributed by atoms with Crippen LogP contribution in [-0.4, -0.2) is 23.9 Å². The summed E-state index contributed by atoms with van der Waals surface area (Å²) in [5.74, 6) is 0.0873. The van der Waals surface area contributed by atoms with Crippen LogP contribution in [0, 0.1) is 6.92 Å². The second-order valence-corrected chi connectivity index (χ2v) is 5.97. The zero-order chi connectivity index (χ0) is 18.7. The molecule has 0 aliphatic heterocycles. The molecule has 0 atom stereocenters. The number of carbonyl (C=O) groups excluding carboxylic acids is 2. The highest BCUT2D eigenvalue weighted by molar-refractivity contribution is 6.06. The minimum absolute atomic E-state index is 0.172. The molecule has 1 heterocycles. The molecule has 132 valence electrons. The van der Waals surface area contributed by atoms with Crippen molar-refractivity contribution in [3.8, 4) is 5.75 Å². The number of methoxy groups -OCH3 is 1. The lowest BCUT2D eigenvalue weighted by Crippen LogP contribution is -2.15. The summed E-state index contributed by atoms with van der Waals surface area (Å²) in [5, 5.41) is 3.71. The van der Waals surface area contributed by atoms with E-state index in [1.807, 2.05) is 24.3 Å². The van der Waals surface area contributed by atoms with E-state index in [-0.39, 0.29) is 12.3 Å². The molecular weight excluding hydrogens is 330 g/mol. The lowest BCUT2D eigenvalue weighted by atomic mass is 10.1. The minimum Gasteiger partial charge on any atom is -0.497 e. The van der Waals surface area contributed by atoms with Crippen molar-refractivity contribution < 1.29 is 14.3 Å². The first-order valence-electron chi connectivity index (χ1n) is 8.10. The Labute approximate surface area is 151 Å². The lowest BCUT2D eigenvalue weighted by Gasteiger charge is -2.10. The van der Waals surface area contributed by atoms with Crippen LogP contribution in [0.4, 0.5) is 5.69 Å². The van der Waals surface area contributed by atoms with E-state index in [9.17, 15) is 9.59 Å². The zero-order valence-corrected chi connectivity index (χ0v) is 14.6. The number of amides is 2. The smallest absolute Gasteiger partial charge is 0.257 e. The highest BCUT2D eigenvalue weighted by atomic mass is 16.5. The molecular formula is C20H19N3O3. The topological polar surface area (TPSA) is 94.3 Å². The number of ether oxygens (including phenoxy) is 1. The Morgan fingerprint density at radius 2 is 1.85 bits per heavy atom. The number of hydrogen-bond acceptors (Lipinski definition) is 4. The summed E-state index contributed by atoms with van der Waals surface area (Å²) < 4.78 is 5.20. The van der Waals surface area contributed by atoms with Gasteiger partial charge in [0.15, 0.2) is 0 Å². The van der Waals surface area contributed by atoms with Gasteiger partial charge in [0.25, 0.3) is 5.91 Å². The number of nitrogens with zero attached hydrogens (tertiary/aromatic N) is 1. The maximum atomic E-state index is 12.6. The van der Waals surface area contributed by atoms with E-state index < -0.39 is 5.91 Å². The number of anilines is 1. The maximum absolute atomic E-state index is 12.6. The summed E-state index contributed by atoms with van der Waals surface area (Å²) in [5.41, 5.74) is 8.52. The summed E-state index contributed by atoms with van der Waals surface area (Å²) in [6, 6.07) is 14.4. The van der Waals surface area contributed by atoms with Gasteiger partial charge in [0.2, 0.25) is 5.91 Å². The molecule has 3 N–H and O–H groups in total. The Balaban J connectivity index is 1.83. The van der Waals surface area contributed by atoms with Gasteiger partial charge in [-0.25, -0.2) is 0 Å². The quantitative estimate of drug-likeness (QED) is 0.740. The van der Waals surface area contributed by atoms with Crippen LogP contribution in [-0.2, 0) is 11.2 Å². The van der Waals surface area contributed by atoms with E-state index in [2.05, 4.69) is 10.3 Å². The molecule has 0 saturated carbocycles. The second-order valence-electron chi connectivity index (χ2n) is 5.97. The Kier molecular flexibility index (Phi) is 4.84. The number of aryl methyl sites for hydroxylation is 1. The minimum atomic E-state index is -0.392. The van der Waals surface area contributed by atoms with Crippen molar-refractivity contribution >= 4 is 28.4 Å². The number of rotatable bonds is 5.